The third kappa shape index (κ3) is 8.72. The Kier molecular flexibility index (Phi) is 9.65. The molecular formula is C29H37NO3. The van der Waals surface area contributed by atoms with Crippen LogP contribution in [0, 0.1) is 5.41 Å². The summed E-state index contributed by atoms with van der Waals surface area (Å²) in [7, 11) is 0. The van der Waals surface area contributed by atoms with Crippen LogP contribution >= 0.6 is 0 Å². The minimum absolute atomic E-state index is 0.218. The first-order chi connectivity index (χ1) is 15.6. The molecule has 2 rings (SSSR count). The molecule has 0 bridgehead atoms. The zero-order chi connectivity index (χ0) is 24.4. The number of amides is 1. The maximum atomic E-state index is 12.3. The Bertz CT molecular complexity index is 991. The van der Waals surface area contributed by atoms with Crippen molar-refractivity contribution < 1.29 is 14.7 Å². The average molecular weight is 448 g/mol. The van der Waals surface area contributed by atoms with Gasteiger partial charge in [-0.05, 0) is 62.2 Å². The second-order valence-corrected chi connectivity index (χ2v) is 9.51. The molecule has 0 spiro atoms. The first kappa shape index (κ1) is 26.1. The molecule has 0 heterocycles. The number of rotatable bonds is 9. The van der Waals surface area contributed by atoms with Crippen molar-refractivity contribution in [2.24, 2.45) is 5.41 Å². The minimum Gasteiger partial charge on any atom is -0.480 e. The van der Waals surface area contributed by atoms with E-state index in [-0.39, 0.29) is 11.8 Å². The maximum absolute atomic E-state index is 12.3. The molecule has 0 saturated carbocycles. The number of hydrogen-bond donors (Lipinski definition) is 2. The molecule has 176 valence electrons. The molecule has 1 atom stereocenters. The van der Waals surface area contributed by atoms with Crippen LogP contribution in [-0.4, -0.2) is 23.0 Å². The first-order valence-corrected chi connectivity index (χ1v) is 11.6. The number of carbonyl (C=O) groups excluding carboxylic acids is 1. The van der Waals surface area contributed by atoms with Crippen LogP contribution in [0.1, 0.15) is 59.4 Å². The van der Waals surface area contributed by atoms with Gasteiger partial charge in [-0.25, -0.2) is 4.79 Å². The summed E-state index contributed by atoms with van der Waals surface area (Å²) < 4.78 is 0. The molecule has 4 nitrogen and oxygen atoms in total. The number of carboxylic acids is 1. The molecule has 0 saturated heterocycles. The smallest absolute Gasteiger partial charge is 0.326 e. The van der Waals surface area contributed by atoms with Gasteiger partial charge in [-0.1, -0.05) is 85.7 Å². The zero-order valence-corrected chi connectivity index (χ0v) is 20.5. The summed E-state index contributed by atoms with van der Waals surface area (Å²) >= 11 is 0. The fourth-order valence-electron chi connectivity index (χ4n) is 4.15. The van der Waals surface area contributed by atoms with E-state index in [4.69, 9.17) is 0 Å². The lowest BCUT2D eigenvalue weighted by atomic mass is 9.72. The third-order valence-corrected chi connectivity index (χ3v) is 6.03. The lowest BCUT2D eigenvalue weighted by molar-refractivity contribution is -0.141. The van der Waals surface area contributed by atoms with Crippen molar-refractivity contribution in [3.05, 3.63) is 94.6 Å². The van der Waals surface area contributed by atoms with E-state index in [2.05, 4.69) is 45.2 Å². The van der Waals surface area contributed by atoms with Gasteiger partial charge >= 0.3 is 5.97 Å². The van der Waals surface area contributed by atoms with Gasteiger partial charge in [0.15, 0.2) is 0 Å². The first-order valence-electron chi connectivity index (χ1n) is 11.6. The molecule has 0 aliphatic heterocycles. The van der Waals surface area contributed by atoms with Gasteiger partial charge < -0.3 is 10.4 Å². The highest BCUT2D eigenvalue weighted by Crippen LogP contribution is 2.40. The Morgan fingerprint density at radius 3 is 2.45 bits per heavy atom. The van der Waals surface area contributed by atoms with Gasteiger partial charge in [-0.2, -0.15) is 0 Å². The lowest BCUT2D eigenvalue weighted by Crippen LogP contribution is -2.41. The molecule has 0 unspecified atom stereocenters. The summed E-state index contributed by atoms with van der Waals surface area (Å²) in [5.41, 5.74) is 5.86. The Morgan fingerprint density at radius 1 is 1.12 bits per heavy atom. The van der Waals surface area contributed by atoms with Crippen molar-refractivity contribution in [1.82, 2.24) is 5.32 Å². The molecule has 1 aliphatic carbocycles. The summed E-state index contributed by atoms with van der Waals surface area (Å²) in [5.74, 6) is -1.46. The summed E-state index contributed by atoms with van der Waals surface area (Å²) in [5, 5.41) is 12.0. The molecule has 0 fully saturated rings. The zero-order valence-electron chi connectivity index (χ0n) is 20.5. The van der Waals surface area contributed by atoms with E-state index < -0.39 is 17.9 Å². The van der Waals surface area contributed by atoms with Crippen molar-refractivity contribution in [2.75, 3.05) is 0 Å². The Morgan fingerprint density at radius 2 is 1.82 bits per heavy atom. The number of aliphatic carboxylic acids is 1. The van der Waals surface area contributed by atoms with Gasteiger partial charge in [-0.3, -0.25) is 4.79 Å². The predicted octanol–water partition coefficient (Wildman–Crippen LogP) is 6.33. The molecule has 1 aromatic carbocycles. The Labute approximate surface area is 198 Å². The fourth-order valence-corrected chi connectivity index (χ4v) is 4.15. The van der Waals surface area contributed by atoms with E-state index in [9.17, 15) is 14.7 Å². The standard InChI is InChI=1S/C29H37NO3/c1-21(16-17-25-23(3)13-10-18-29(25,4)5)11-9-12-22(2)19-27(31)30-26(28(32)33)20-24-14-7-6-8-15-24/h6-9,11-12,14-17,19,26H,10,13,18,20H2,1-5H3,(H,30,31)(H,32,33)/b12-9?,17-16?,21-11?,22-19-/t26-/m0/s1. The van der Waals surface area contributed by atoms with Gasteiger partial charge in [0, 0.05) is 12.5 Å². The highest BCUT2D eigenvalue weighted by molar-refractivity contribution is 5.92. The van der Waals surface area contributed by atoms with Crippen LogP contribution < -0.4 is 5.32 Å². The van der Waals surface area contributed by atoms with E-state index in [1.807, 2.05) is 55.5 Å². The summed E-state index contributed by atoms with van der Waals surface area (Å²) in [4.78, 5) is 23.8. The lowest BCUT2D eigenvalue weighted by Gasteiger charge is -2.32. The van der Waals surface area contributed by atoms with Crippen LogP contribution in [-0.2, 0) is 16.0 Å². The van der Waals surface area contributed by atoms with Crippen molar-refractivity contribution >= 4 is 11.9 Å². The van der Waals surface area contributed by atoms with E-state index in [0.29, 0.717) is 0 Å². The maximum Gasteiger partial charge on any atom is 0.326 e. The molecule has 0 aromatic heterocycles. The molecule has 1 amide bonds. The summed E-state index contributed by atoms with van der Waals surface area (Å²) in [6, 6.07) is 8.30. The highest BCUT2D eigenvalue weighted by atomic mass is 16.4. The number of hydrogen-bond acceptors (Lipinski definition) is 2. The fraction of sp³-hybridized carbons (Fsp3) is 0.379. The molecular weight excluding hydrogens is 410 g/mol. The van der Waals surface area contributed by atoms with Gasteiger partial charge in [0.05, 0.1) is 0 Å². The number of benzene rings is 1. The van der Waals surface area contributed by atoms with Gasteiger partial charge in [-0.15, -0.1) is 0 Å². The van der Waals surface area contributed by atoms with Crippen LogP contribution in [0.25, 0.3) is 0 Å². The number of carboxylic acid groups (broad SMARTS) is 1. The molecule has 2 N–H and O–H groups in total. The second-order valence-electron chi connectivity index (χ2n) is 9.51. The van der Waals surface area contributed by atoms with Crippen LogP contribution in [0.3, 0.4) is 0 Å². The second kappa shape index (κ2) is 12.2. The van der Waals surface area contributed by atoms with E-state index >= 15 is 0 Å². The third-order valence-electron chi connectivity index (χ3n) is 6.03. The Hall–Kier alpha value is -3.14. The van der Waals surface area contributed by atoms with Crippen molar-refractivity contribution in [3.8, 4) is 0 Å². The quantitative estimate of drug-likeness (QED) is 0.343. The summed E-state index contributed by atoms with van der Waals surface area (Å²) in [6.45, 7) is 10.7. The van der Waals surface area contributed by atoms with Crippen LogP contribution in [0.5, 0.6) is 0 Å². The van der Waals surface area contributed by atoms with E-state index in [1.54, 1.807) is 0 Å². The molecule has 1 aromatic rings. The number of carbonyl (C=O) groups is 2. The van der Waals surface area contributed by atoms with Gasteiger partial charge in [0.1, 0.15) is 6.04 Å². The van der Waals surface area contributed by atoms with Crippen molar-refractivity contribution in [1.29, 1.82) is 0 Å². The topological polar surface area (TPSA) is 66.4 Å². The van der Waals surface area contributed by atoms with Crippen LogP contribution in [0.15, 0.2) is 89.1 Å². The average Bonchev–Trinajstić information content (AvgIpc) is 2.73. The van der Waals surface area contributed by atoms with E-state index in [1.165, 1.54) is 36.5 Å². The normalized spacial score (nSPS) is 18.1. The van der Waals surface area contributed by atoms with Crippen LogP contribution in [0.4, 0.5) is 0 Å². The van der Waals surface area contributed by atoms with Gasteiger partial charge in [0.2, 0.25) is 5.91 Å². The predicted molar refractivity (Wildman–Crippen MR) is 136 cm³/mol. The van der Waals surface area contributed by atoms with Crippen LogP contribution in [0.2, 0.25) is 0 Å². The largest absolute Gasteiger partial charge is 0.480 e. The van der Waals surface area contributed by atoms with Gasteiger partial charge in [0.25, 0.3) is 0 Å². The summed E-state index contributed by atoms with van der Waals surface area (Å²) in [6.07, 6.45) is 15.5. The molecule has 4 heteroatoms. The SMILES string of the molecule is CC(C=CC1=C(C)CCCC1(C)C)=CC=C/C(C)=C\C(=O)N[C@@H](Cc1ccccc1)C(=O)O. The number of nitrogens with one attached hydrogen (secondary N) is 1. The van der Waals surface area contributed by atoms with E-state index in [0.717, 1.165) is 16.7 Å². The van der Waals surface area contributed by atoms with Crippen molar-refractivity contribution in [2.45, 2.75) is 66.3 Å². The van der Waals surface area contributed by atoms with Crippen molar-refractivity contribution in [3.63, 3.8) is 0 Å². The highest BCUT2D eigenvalue weighted by Gasteiger charge is 2.26. The Balaban J connectivity index is 1.96. The molecule has 1 aliphatic rings. The molecule has 33 heavy (non-hydrogen) atoms. The monoisotopic (exact) mass is 447 g/mol. The molecule has 0 radical (unpaired) electrons. The number of allylic oxidation sites excluding steroid dienone is 9. The minimum atomic E-state index is -1.05.